The number of aliphatic hydroxyl groups is 1. The summed E-state index contributed by atoms with van der Waals surface area (Å²) in [5.41, 5.74) is 2.49. The Bertz CT molecular complexity index is 1630. The predicted octanol–water partition coefficient (Wildman–Crippen LogP) is 7.02. The van der Waals surface area contributed by atoms with Crippen LogP contribution in [0.15, 0.2) is 79.1 Å². The van der Waals surface area contributed by atoms with Crippen LogP contribution in [0.4, 0.5) is 11.6 Å². The van der Waals surface area contributed by atoms with Gasteiger partial charge in [-0.1, -0.05) is 55.8 Å². The fourth-order valence-corrected chi connectivity index (χ4v) is 5.40. The van der Waals surface area contributed by atoms with Crippen molar-refractivity contribution in [3.05, 3.63) is 101 Å². The Labute approximate surface area is 231 Å². The third kappa shape index (κ3) is 5.67. The smallest absolute Gasteiger partial charge is 0.338 e. The minimum Gasteiger partial charge on any atom is -0.462 e. The maximum Gasteiger partial charge on any atom is 0.338 e. The van der Waals surface area contributed by atoms with Gasteiger partial charge in [0.25, 0.3) is 0 Å². The summed E-state index contributed by atoms with van der Waals surface area (Å²) in [4.78, 5) is 27.0. The second kappa shape index (κ2) is 11.3. The molecule has 8 heteroatoms. The van der Waals surface area contributed by atoms with Crippen molar-refractivity contribution in [2.45, 2.75) is 39.2 Å². The Morgan fingerprint density at radius 2 is 1.87 bits per heavy atom. The molecule has 0 spiro atoms. The van der Waals surface area contributed by atoms with E-state index in [9.17, 15) is 9.90 Å². The quantitative estimate of drug-likeness (QED) is 0.154. The molecular formula is C31H30N4O3S. The van der Waals surface area contributed by atoms with Gasteiger partial charge in [0.2, 0.25) is 5.95 Å². The molecule has 0 saturated carbocycles. The lowest BCUT2D eigenvalue weighted by Gasteiger charge is -2.24. The summed E-state index contributed by atoms with van der Waals surface area (Å²) >= 11 is 1.43. The molecule has 0 saturated heterocycles. The van der Waals surface area contributed by atoms with Crippen molar-refractivity contribution in [1.29, 1.82) is 0 Å². The third-order valence-electron chi connectivity index (χ3n) is 6.52. The monoisotopic (exact) mass is 538 g/mol. The van der Waals surface area contributed by atoms with Gasteiger partial charge in [-0.25, -0.2) is 19.7 Å². The van der Waals surface area contributed by atoms with Gasteiger partial charge in [0.05, 0.1) is 17.0 Å². The van der Waals surface area contributed by atoms with E-state index in [2.05, 4.69) is 27.2 Å². The Morgan fingerprint density at radius 1 is 1.05 bits per heavy atom. The first kappa shape index (κ1) is 26.5. The van der Waals surface area contributed by atoms with Crippen LogP contribution in [0.5, 0.6) is 0 Å². The van der Waals surface area contributed by atoms with Crippen molar-refractivity contribution >= 4 is 39.7 Å². The standard InChI is InChI=1S/C31H30N4O3S/c1-4-5-17-38-28(36)25-13-14-26(24-12-7-6-11-23(24)25)31(3,37)29-33-19-27(39-29)21-9-8-10-22(18-21)35-30-32-16-15-20(2)34-30/h6-16,18-19,37H,4-5,17H2,1-3H3,(H,32,34,35). The summed E-state index contributed by atoms with van der Waals surface area (Å²) in [6.45, 7) is 6.10. The normalized spacial score (nSPS) is 12.7. The molecule has 198 valence electrons. The van der Waals surface area contributed by atoms with Crippen LogP contribution in [0.2, 0.25) is 0 Å². The fraction of sp³-hybridized carbons (Fsp3) is 0.226. The number of ether oxygens (including phenoxy) is 1. The van der Waals surface area contributed by atoms with Crippen molar-refractivity contribution in [2.24, 2.45) is 0 Å². The Kier molecular flexibility index (Phi) is 7.67. The van der Waals surface area contributed by atoms with Crippen LogP contribution in [-0.4, -0.2) is 32.6 Å². The van der Waals surface area contributed by atoms with Gasteiger partial charge in [0, 0.05) is 23.8 Å². The molecular weight excluding hydrogens is 508 g/mol. The minimum atomic E-state index is -1.38. The lowest BCUT2D eigenvalue weighted by atomic mass is 9.89. The Balaban J connectivity index is 1.44. The highest BCUT2D eigenvalue weighted by atomic mass is 32.1. The molecule has 0 aliphatic heterocycles. The zero-order valence-electron chi connectivity index (χ0n) is 22.1. The number of nitrogens with one attached hydrogen (secondary N) is 1. The lowest BCUT2D eigenvalue weighted by molar-refractivity contribution is 0.0501. The number of aromatic nitrogens is 3. The number of hydrogen-bond donors (Lipinski definition) is 2. The van der Waals surface area contributed by atoms with Gasteiger partial charge in [0.1, 0.15) is 10.6 Å². The molecule has 2 N–H and O–H groups in total. The van der Waals surface area contributed by atoms with Crippen LogP contribution in [0.1, 0.15) is 53.3 Å². The van der Waals surface area contributed by atoms with Crippen LogP contribution in [0, 0.1) is 6.92 Å². The molecule has 1 unspecified atom stereocenters. The van der Waals surface area contributed by atoms with Crippen LogP contribution in [-0.2, 0) is 10.3 Å². The van der Waals surface area contributed by atoms with Gasteiger partial charge in [-0.05, 0) is 66.4 Å². The first-order valence-electron chi connectivity index (χ1n) is 12.9. The molecule has 0 aliphatic carbocycles. The number of esters is 1. The van der Waals surface area contributed by atoms with E-state index in [-0.39, 0.29) is 5.97 Å². The first-order valence-corrected chi connectivity index (χ1v) is 13.7. The van der Waals surface area contributed by atoms with E-state index < -0.39 is 5.60 Å². The number of aryl methyl sites for hydroxylation is 1. The van der Waals surface area contributed by atoms with Crippen molar-refractivity contribution < 1.29 is 14.6 Å². The maximum atomic E-state index is 12.8. The molecule has 2 heterocycles. The highest BCUT2D eigenvalue weighted by Gasteiger charge is 2.32. The van der Waals surface area contributed by atoms with Gasteiger partial charge >= 0.3 is 5.97 Å². The van der Waals surface area contributed by atoms with Crippen molar-refractivity contribution in [3.63, 3.8) is 0 Å². The molecule has 3 aromatic carbocycles. The average molecular weight is 539 g/mol. The number of nitrogens with zero attached hydrogens (tertiary/aromatic N) is 3. The number of anilines is 2. The molecule has 5 rings (SSSR count). The van der Waals surface area contributed by atoms with E-state index in [0.717, 1.165) is 45.4 Å². The summed E-state index contributed by atoms with van der Waals surface area (Å²) in [6, 6.07) is 20.9. The summed E-state index contributed by atoms with van der Waals surface area (Å²) in [6.07, 6.45) is 5.27. The molecule has 1 atom stereocenters. The van der Waals surface area contributed by atoms with Crippen LogP contribution in [0.25, 0.3) is 21.2 Å². The average Bonchev–Trinajstić information content (AvgIpc) is 3.44. The maximum absolute atomic E-state index is 12.8. The largest absolute Gasteiger partial charge is 0.462 e. The first-order chi connectivity index (χ1) is 18.9. The molecule has 0 aliphatic rings. The zero-order valence-corrected chi connectivity index (χ0v) is 23.0. The molecule has 0 bridgehead atoms. The zero-order chi connectivity index (χ0) is 27.4. The fourth-order valence-electron chi connectivity index (χ4n) is 4.42. The topological polar surface area (TPSA) is 97.2 Å². The van der Waals surface area contributed by atoms with E-state index in [1.807, 2.05) is 61.5 Å². The number of benzene rings is 3. The van der Waals surface area contributed by atoms with E-state index in [1.54, 1.807) is 31.5 Å². The van der Waals surface area contributed by atoms with Gasteiger partial charge in [-0.15, -0.1) is 11.3 Å². The van der Waals surface area contributed by atoms with Crippen LogP contribution in [0.3, 0.4) is 0 Å². The molecule has 5 aromatic rings. The van der Waals surface area contributed by atoms with E-state index in [4.69, 9.17) is 4.74 Å². The van der Waals surface area contributed by atoms with Gasteiger partial charge in [-0.3, -0.25) is 0 Å². The van der Waals surface area contributed by atoms with E-state index >= 15 is 0 Å². The van der Waals surface area contributed by atoms with Crippen LogP contribution < -0.4 is 5.32 Å². The minimum absolute atomic E-state index is 0.355. The second-order valence-electron chi connectivity index (χ2n) is 9.53. The summed E-state index contributed by atoms with van der Waals surface area (Å²) in [7, 11) is 0. The number of carbonyl (C=O) groups excluding carboxylic acids is 1. The highest BCUT2D eigenvalue weighted by Crippen LogP contribution is 2.39. The van der Waals surface area contributed by atoms with Gasteiger partial charge < -0.3 is 15.2 Å². The summed E-state index contributed by atoms with van der Waals surface area (Å²) in [5.74, 6) is 0.177. The van der Waals surface area contributed by atoms with Gasteiger partial charge in [-0.2, -0.15) is 0 Å². The number of hydrogen-bond acceptors (Lipinski definition) is 8. The van der Waals surface area contributed by atoms with E-state index in [1.165, 1.54) is 11.3 Å². The lowest BCUT2D eigenvalue weighted by Crippen LogP contribution is -2.23. The number of thiazole rings is 1. The molecule has 2 aromatic heterocycles. The Hall–Kier alpha value is -4.14. The van der Waals surface area contributed by atoms with Crippen molar-refractivity contribution in [3.8, 4) is 10.4 Å². The number of rotatable bonds is 9. The molecule has 0 amide bonds. The SMILES string of the molecule is CCCCOC(=O)c1ccc(C(C)(O)c2ncc(-c3cccc(Nc4nccc(C)n4)c3)s2)c2ccccc12. The number of unbranched alkanes of at least 4 members (excludes halogenated alkanes) is 1. The number of fused-ring (bicyclic) bond motifs is 1. The van der Waals surface area contributed by atoms with Crippen LogP contribution >= 0.6 is 11.3 Å². The Morgan fingerprint density at radius 3 is 2.67 bits per heavy atom. The molecule has 0 radical (unpaired) electrons. The highest BCUT2D eigenvalue weighted by molar-refractivity contribution is 7.15. The summed E-state index contributed by atoms with van der Waals surface area (Å²) < 4.78 is 5.47. The second-order valence-corrected chi connectivity index (χ2v) is 10.6. The summed E-state index contributed by atoms with van der Waals surface area (Å²) in [5, 5.41) is 17.1. The molecule has 39 heavy (non-hydrogen) atoms. The third-order valence-corrected chi connectivity index (χ3v) is 7.78. The molecule has 0 fully saturated rings. The van der Waals surface area contributed by atoms with E-state index in [0.29, 0.717) is 28.7 Å². The van der Waals surface area contributed by atoms with Gasteiger partial charge in [0.15, 0.2) is 0 Å². The van der Waals surface area contributed by atoms with Crippen molar-refractivity contribution in [1.82, 2.24) is 15.0 Å². The number of carbonyl (C=O) groups is 1. The van der Waals surface area contributed by atoms with Crippen molar-refractivity contribution in [2.75, 3.05) is 11.9 Å². The molecule has 7 nitrogen and oxygen atoms in total. The predicted molar refractivity (Wildman–Crippen MR) is 155 cm³/mol.